The number of benzene rings is 1. The minimum atomic E-state index is 1.25. The van der Waals surface area contributed by atoms with Crippen molar-refractivity contribution in [1.82, 2.24) is 0 Å². The third-order valence-corrected chi connectivity index (χ3v) is 2.18. The largest absolute Gasteiger partial charge is 0.0985 e. The van der Waals surface area contributed by atoms with E-state index in [4.69, 9.17) is 0 Å². The summed E-state index contributed by atoms with van der Waals surface area (Å²) < 4.78 is 0. The number of allylic oxidation sites excluding steroid dienone is 3. The van der Waals surface area contributed by atoms with Crippen molar-refractivity contribution in [3.8, 4) is 0 Å². The Morgan fingerprint density at radius 1 is 1.23 bits per heavy atom. The second kappa shape index (κ2) is 4.08. The quantitative estimate of drug-likeness (QED) is 0.592. The molecule has 0 spiro atoms. The smallest absolute Gasteiger partial charge is 0.0156 e. The van der Waals surface area contributed by atoms with Gasteiger partial charge in [0.05, 0.1) is 0 Å². The van der Waals surface area contributed by atoms with Crippen molar-refractivity contribution in [2.24, 2.45) is 0 Å². The molecule has 0 aromatic heterocycles. The molecule has 0 aliphatic heterocycles. The van der Waals surface area contributed by atoms with Gasteiger partial charge in [-0.3, -0.25) is 0 Å². The third-order valence-electron chi connectivity index (χ3n) is 2.18. The third kappa shape index (κ3) is 2.09. The molecule has 0 bridgehead atoms. The van der Waals surface area contributed by atoms with Gasteiger partial charge in [0.2, 0.25) is 0 Å². The van der Waals surface area contributed by atoms with E-state index >= 15 is 0 Å². The zero-order valence-corrected chi connectivity index (χ0v) is 8.59. The highest BCUT2D eigenvalue weighted by Crippen LogP contribution is 2.22. The Bertz CT molecular complexity index is 339. The first kappa shape index (κ1) is 9.79. The Labute approximate surface area is 80.6 Å². The van der Waals surface area contributed by atoms with E-state index in [-0.39, 0.29) is 0 Å². The van der Waals surface area contributed by atoms with Crippen molar-refractivity contribution in [2.45, 2.75) is 20.8 Å². The fourth-order valence-corrected chi connectivity index (χ4v) is 1.46. The Kier molecular flexibility index (Phi) is 3.07. The van der Waals surface area contributed by atoms with Crippen molar-refractivity contribution < 1.29 is 0 Å². The van der Waals surface area contributed by atoms with Gasteiger partial charge in [-0.25, -0.2) is 0 Å². The van der Waals surface area contributed by atoms with Crippen molar-refractivity contribution >= 4 is 5.57 Å². The van der Waals surface area contributed by atoms with Crippen LogP contribution in [-0.4, -0.2) is 0 Å². The molecule has 0 saturated carbocycles. The standard InChI is InChI=1S/C13H16/c1-5-12(10(2)3)13-9-7-6-8-11(13)4/h5-9H,1H2,2-4H3. The minimum absolute atomic E-state index is 1.25. The highest BCUT2D eigenvalue weighted by atomic mass is 14.1. The van der Waals surface area contributed by atoms with Gasteiger partial charge in [0.15, 0.2) is 0 Å². The van der Waals surface area contributed by atoms with Crippen LogP contribution in [0.15, 0.2) is 42.5 Å². The molecule has 0 nitrogen and oxygen atoms in total. The lowest BCUT2D eigenvalue weighted by atomic mass is 9.97. The van der Waals surface area contributed by atoms with Crippen LogP contribution in [0.25, 0.3) is 5.57 Å². The van der Waals surface area contributed by atoms with Crippen molar-refractivity contribution in [3.05, 3.63) is 53.6 Å². The second-order valence-corrected chi connectivity index (χ2v) is 3.43. The predicted octanol–water partition coefficient (Wildman–Crippen LogP) is 3.97. The normalized spacial score (nSPS) is 9.46. The molecule has 1 aromatic carbocycles. The van der Waals surface area contributed by atoms with Gasteiger partial charge in [0.25, 0.3) is 0 Å². The molecule has 0 fully saturated rings. The van der Waals surface area contributed by atoms with Gasteiger partial charge in [-0.2, -0.15) is 0 Å². The summed E-state index contributed by atoms with van der Waals surface area (Å²) in [6.07, 6.45) is 1.93. The van der Waals surface area contributed by atoms with Crippen LogP contribution in [0.1, 0.15) is 25.0 Å². The van der Waals surface area contributed by atoms with Crippen molar-refractivity contribution in [1.29, 1.82) is 0 Å². The predicted molar refractivity (Wildman–Crippen MR) is 59.6 cm³/mol. The highest BCUT2D eigenvalue weighted by Gasteiger charge is 2.01. The molecule has 0 aliphatic rings. The molecule has 0 amide bonds. The maximum Gasteiger partial charge on any atom is -0.0156 e. The molecule has 0 atom stereocenters. The average Bonchev–Trinajstić information content (AvgIpc) is 2.09. The summed E-state index contributed by atoms with van der Waals surface area (Å²) in [6.45, 7) is 10.2. The van der Waals surface area contributed by atoms with Crippen molar-refractivity contribution in [2.75, 3.05) is 0 Å². The molecule has 0 radical (unpaired) electrons. The van der Waals surface area contributed by atoms with Crippen LogP contribution < -0.4 is 0 Å². The van der Waals surface area contributed by atoms with E-state index in [0.717, 1.165) is 0 Å². The molecule has 0 aliphatic carbocycles. The van der Waals surface area contributed by atoms with Crippen LogP contribution in [0.5, 0.6) is 0 Å². The molecule has 13 heavy (non-hydrogen) atoms. The Morgan fingerprint density at radius 2 is 1.85 bits per heavy atom. The maximum atomic E-state index is 3.84. The van der Waals surface area contributed by atoms with E-state index in [9.17, 15) is 0 Å². The summed E-state index contributed by atoms with van der Waals surface area (Å²) in [6, 6.07) is 8.39. The van der Waals surface area contributed by atoms with E-state index < -0.39 is 0 Å². The van der Waals surface area contributed by atoms with E-state index in [1.165, 1.54) is 22.3 Å². The summed E-state index contributed by atoms with van der Waals surface area (Å²) in [5, 5.41) is 0. The van der Waals surface area contributed by atoms with E-state index in [1.54, 1.807) is 0 Å². The average molecular weight is 172 g/mol. The molecule has 0 heterocycles. The van der Waals surface area contributed by atoms with Gasteiger partial charge >= 0.3 is 0 Å². The van der Waals surface area contributed by atoms with Gasteiger partial charge in [-0.15, -0.1) is 0 Å². The van der Waals surface area contributed by atoms with Crippen LogP contribution in [-0.2, 0) is 0 Å². The van der Waals surface area contributed by atoms with E-state index in [2.05, 4.69) is 51.6 Å². The first-order valence-electron chi connectivity index (χ1n) is 4.52. The van der Waals surface area contributed by atoms with Gasteiger partial charge in [-0.05, 0) is 37.5 Å². The Balaban J connectivity index is 3.29. The summed E-state index contributed by atoms with van der Waals surface area (Å²) in [4.78, 5) is 0. The highest BCUT2D eigenvalue weighted by molar-refractivity contribution is 5.77. The molecular formula is C13H16. The molecule has 0 heteroatoms. The topological polar surface area (TPSA) is 0 Å². The fraction of sp³-hybridized carbons (Fsp3) is 0.231. The Hall–Kier alpha value is -1.30. The van der Waals surface area contributed by atoms with Gasteiger partial charge in [0.1, 0.15) is 0 Å². The maximum absolute atomic E-state index is 3.84. The summed E-state index contributed by atoms with van der Waals surface area (Å²) >= 11 is 0. The number of hydrogen-bond acceptors (Lipinski definition) is 0. The van der Waals surface area contributed by atoms with Crippen molar-refractivity contribution in [3.63, 3.8) is 0 Å². The van der Waals surface area contributed by atoms with Crippen LogP contribution in [0.4, 0.5) is 0 Å². The van der Waals surface area contributed by atoms with Crippen LogP contribution in [0, 0.1) is 6.92 Å². The summed E-state index contributed by atoms with van der Waals surface area (Å²) in [5.74, 6) is 0. The van der Waals surface area contributed by atoms with Gasteiger partial charge in [-0.1, -0.05) is 42.5 Å². The number of aryl methyl sites for hydroxylation is 1. The number of hydrogen-bond donors (Lipinski definition) is 0. The van der Waals surface area contributed by atoms with E-state index in [0.29, 0.717) is 0 Å². The summed E-state index contributed by atoms with van der Waals surface area (Å²) in [7, 11) is 0. The molecule has 0 unspecified atom stereocenters. The Morgan fingerprint density at radius 3 is 2.31 bits per heavy atom. The molecule has 0 N–H and O–H groups in total. The zero-order valence-electron chi connectivity index (χ0n) is 8.59. The monoisotopic (exact) mass is 172 g/mol. The first-order chi connectivity index (χ1) is 6.16. The fourth-order valence-electron chi connectivity index (χ4n) is 1.46. The lowest BCUT2D eigenvalue weighted by molar-refractivity contribution is 1.36. The SMILES string of the molecule is C=CC(=C(C)C)c1ccccc1C. The molecular weight excluding hydrogens is 156 g/mol. The second-order valence-electron chi connectivity index (χ2n) is 3.43. The van der Waals surface area contributed by atoms with E-state index in [1.807, 2.05) is 6.08 Å². The number of rotatable bonds is 2. The summed E-state index contributed by atoms with van der Waals surface area (Å²) in [5.41, 5.74) is 5.15. The van der Waals surface area contributed by atoms with Gasteiger partial charge in [0, 0.05) is 0 Å². The lowest BCUT2D eigenvalue weighted by Crippen LogP contribution is -1.87. The molecule has 1 aromatic rings. The molecule has 1 rings (SSSR count). The minimum Gasteiger partial charge on any atom is -0.0985 e. The van der Waals surface area contributed by atoms with Crippen LogP contribution >= 0.6 is 0 Å². The lowest BCUT2D eigenvalue weighted by Gasteiger charge is -2.08. The van der Waals surface area contributed by atoms with Gasteiger partial charge < -0.3 is 0 Å². The first-order valence-corrected chi connectivity index (χ1v) is 4.52. The molecule has 68 valence electrons. The van der Waals surface area contributed by atoms with Crippen LogP contribution in [0.2, 0.25) is 0 Å². The molecule has 0 saturated heterocycles. The van der Waals surface area contributed by atoms with Crippen LogP contribution in [0.3, 0.4) is 0 Å². The zero-order chi connectivity index (χ0) is 9.84.